The summed E-state index contributed by atoms with van der Waals surface area (Å²) in [6.07, 6.45) is 3.80. The van der Waals surface area contributed by atoms with Gasteiger partial charge in [-0.3, -0.25) is 4.79 Å². The van der Waals surface area contributed by atoms with Crippen molar-refractivity contribution in [1.29, 1.82) is 0 Å². The van der Waals surface area contributed by atoms with Crippen molar-refractivity contribution in [2.24, 2.45) is 0 Å². The third-order valence-electron chi connectivity index (χ3n) is 2.57. The molecule has 0 aromatic heterocycles. The van der Waals surface area contributed by atoms with Crippen LogP contribution in [0, 0.1) is 0 Å². The molecule has 0 aliphatic heterocycles. The summed E-state index contributed by atoms with van der Waals surface area (Å²) in [6, 6.07) is 13.0. The average molecular weight is 352 g/mol. The van der Waals surface area contributed by atoms with Crippen LogP contribution in [0.1, 0.15) is 18.1 Å². The summed E-state index contributed by atoms with van der Waals surface area (Å²) in [5, 5.41) is 0.590. The molecule has 0 radical (unpaired) electrons. The van der Waals surface area contributed by atoms with Crippen LogP contribution in [0.3, 0.4) is 0 Å². The summed E-state index contributed by atoms with van der Waals surface area (Å²) < 4.78 is 6.15. The normalized spacial score (nSPS) is 10.8. The summed E-state index contributed by atoms with van der Waals surface area (Å²) >= 11 is 9.46. The SMILES string of the molecule is CC(=O)Oc1ccc(Cl)cc1/C=C\c1ccccc1Br. The Morgan fingerprint density at radius 2 is 1.85 bits per heavy atom. The van der Waals surface area contributed by atoms with E-state index in [-0.39, 0.29) is 5.97 Å². The van der Waals surface area contributed by atoms with Gasteiger partial charge in [-0.2, -0.15) is 0 Å². The van der Waals surface area contributed by atoms with Gasteiger partial charge in [-0.25, -0.2) is 0 Å². The van der Waals surface area contributed by atoms with Gasteiger partial charge in [0.15, 0.2) is 0 Å². The van der Waals surface area contributed by atoms with Crippen LogP contribution in [0.25, 0.3) is 12.2 Å². The molecule has 0 amide bonds. The summed E-state index contributed by atoms with van der Waals surface area (Å²) in [7, 11) is 0. The molecule has 2 rings (SSSR count). The molecule has 0 aliphatic rings. The van der Waals surface area contributed by atoms with Gasteiger partial charge in [-0.1, -0.05) is 57.9 Å². The molecule has 0 saturated carbocycles. The van der Waals surface area contributed by atoms with E-state index in [2.05, 4.69) is 15.9 Å². The van der Waals surface area contributed by atoms with Crippen molar-refractivity contribution in [3.8, 4) is 5.75 Å². The van der Waals surface area contributed by atoms with E-state index in [9.17, 15) is 4.79 Å². The third-order valence-corrected chi connectivity index (χ3v) is 3.53. The molecule has 0 heterocycles. The van der Waals surface area contributed by atoms with Crippen LogP contribution in [-0.4, -0.2) is 5.97 Å². The fourth-order valence-corrected chi connectivity index (χ4v) is 2.28. The number of benzene rings is 2. The van der Waals surface area contributed by atoms with Gasteiger partial charge in [0.05, 0.1) is 0 Å². The predicted octanol–water partition coefficient (Wildman–Crippen LogP) is 5.20. The summed E-state index contributed by atoms with van der Waals surface area (Å²) in [5.41, 5.74) is 1.78. The van der Waals surface area contributed by atoms with E-state index >= 15 is 0 Å². The molecule has 0 unspecified atom stereocenters. The molecule has 0 N–H and O–H groups in total. The highest BCUT2D eigenvalue weighted by Gasteiger charge is 2.05. The maximum atomic E-state index is 11.1. The highest BCUT2D eigenvalue weighted by atomic mass is 79.9. The second-order valence-electron chi connectivity index (χ2n) is 4.13. The topological polar surface area (TPSA) is 26.3 Å². The first-order chi connectivity index (χ1) is 9.56. The maximum Gasteiger partial charge on any atom is 0.308 e. The lowest BCUT2D eigenvalue weighted by Gasteiger charge is -2.06. The Labute approximate surface area is 131 Å². The Morgan fingerprint density at radius 1 is 1.15 bits per heavy atom. The fraction of sp³-hybridized carbons (Fsp3) is 0.0625. The van der Waals surface area contributed by atoms with Gasteiger partial charge < -0.3 is 4.74 Å². The minimum atomic E-state index is -0.358. The number of carbonyl (C=O) groups is 1. The Kier molecular flexibility index (Phi) is 4.99. The minimum absolute atomic E-state index is 0.358. The Bertz CT molecular complexity index is 665. The van der Waals surface area contributed by atoms with Gasteiger partial charge in [0.1, 0.15) is 5.75 Å². The predicted molar refractivity (Wildman–Crippen MR) is 85.8 cm³/mol. The van der Waals surface area contributed by atoms with E-state index in [0.29, 0.717) is 10.8 Å². The van der Waals surface area contributed by atoms with Gasteiger partial charge in [0, 0.05) is 22.0 Å². The first kappa shape index (κ1) is 14.8. The molecule has 0 fully saturated rings. The molecule has 2 nitrogen and oxygen atoms in total. The van der Waals surface area contributed by atoms with E-state index < -0.39 is 0 Å². The van der Waals surface area contributed by atoms with Crippen molar-refractivity contribution in [3.63, 3.8) is 0 Å². The summed E-state index contributed by atoms with van der Waals surface area (Å²) in [6.45, 7) is 1.37. The van der Waals surface area contributed by atoms with Crippen molar-refractivity contribution in [2.75, 3.05) is 0 Å². The van der Waals surface area contributed by atoms with E-state index in [1.165, 1.54) is 6.92 Å². The molecular formula is C16H12BrClO2. The Hall–Kier alpha value is -1.58. The smallest absolute Gasteiger partial charge is 0.308 e. The lowest BCUT2D eigenvalue weighted by atomic mass is 10.1. The summed E-state index contributed by atoms with van der Waals surface area (Å²) in [4.78, 5) is 11.1. The van der Waals surface area contributed by atoms with Gasteiger partial charge in [-0.05, 0) is 29.8 Å². The van der Waals surface area contributed by atoms with E-state index in [1.54, 1.807) is 18.2 Å². The summed E-state index contributed by atoms with van der Waals surface area (Å²) in [5.74, 6) is 0.132. The Balaban J connectivity index is 2.35. The average Bonchev–Trinajstić information content (AvgIpc) is 2.40. The number of esters is 1. The molecular weight excluding hydrogens is 340 g/mol. The number of hydrogen-bond acceptors (Lipinski definition) is 2. The zero-order valence-electron chi connectivity index (χ0n) is 10.8. The molecule has 0 bridgehead atoms. The zero-order chi connectivity index (χ0) is 14.5. The molecule has 2 aromatic carbocycles. The van der Waals surface area contributed by atoms with Crippen molar-refractivity contribution in [1.82, 2.24) is 0 Å². The van der Waals surface area contributed by atoms with Gasteiger partial charge >= 0.3 is 5.97 Å². The van der Waals surface area contributed by atoms with Crippen LogP contribution < -0.4 is 4.74 Å². The highest BCUT2D eigenvalue weighted by molar-refractivity contribution is 9.10. The zero-order valence-corrected chi connectivity index (χ0v) is 13.1. The van der Waals surface area contributed by atoms with Crippen LogP contribution in [-0.2, 0) is 4.79 Å². The van der Waals surface area contributed by atoms with E-state index in [0.717, 1.165) is 15.6 Å². The molecule has 0 spiro atoms. The van der Waals surface area contributed by atoms with Crippen LogP contribution in [0.4, 0.5) is 0 Å². The first-order valence-electron chi connectivity index (χ1n) is 5.97. The van der Waals surface area contributed by atoms with Gasteiger partial charge in [-0.15, -0.1) is 0 Å². The van der Waals surface area contributed by atoms with Crippen molar-refractivity contribution < 1.29 is 9.53 Å². The molecule has 102 valence electrons. The lowest BCUT2D eigenvalue weighted by Crippen LogP contribution is -2.02. The largest absolute Gasteiger partial charge is 0.426 e. The number of hydrogen-bond donors (Lipinski definition) is 0. The van der Waals surface area contributed by atoms with E-state index in [4.69, 9.17) is 16.3 Å². The first-order valence-corrected chi connectivity index (χ1v) is 7.14. The molecule has 0 saturated heterocycles. The van der Waals surface area contributed by atoms with Crippen molar-refractivity contribution in [2.45, 2.75) is 6.92 Å². The Morgan fingerprint density at radius 3 is 2.55 bits per heavy atom. The van der Waals surface area contributed by atoms with Gasteiger partial charge in [0.25, 0.3) is 0 Å². The number of ether oxygens (including phenoxy) is 1. The number of rotatable bonds is 3. The molecule has 0 aliphatic carbocycles. The lowest BCUT2D eigenvalue weighted by molar-refractivity contribution is -0.131. The molecule has 0 atom stereocenters. The third kappa shape index (κ3) is 3.95. The van der Waals surface area contributed by atoms with Crippen molar-refractivity contribution >= 4 is 45.7 Å². The van der Waals surface area contributed by atoms with Crippen LogP contribution in [0.2, 0.25) is 5.02 Å². The van der Waals surface area contributed by atoms with Crippen LogP contribution >= 0.6 is 27.5 Å². The monoisotopic (exact) mass is 350 g/mol. The minimum Gasteiger partial charge on any atom is -0.426 e. The second-order valence-corrected chi connectivity index (χ2v) is 5.42. The number of halogens is 2. The van der Waals surface area contributed by atoms with Gasteiger partial charge in [0.2, 0.25) is 0 Å². The van der Waals surface area contributed by atoms with Crippen molar-refractivity contribution in [3.05, 3.63) is 63.1 Å². The van der Waals surface area contributed by atoms with Crippen LogP contribution in [0.15, 0.2) is 46.9 Å². The van der Waals surface area contributed by atoms with Crippen LogP contribution in [0.5, 0.6) is 5.75 Å². The standard InChI is InChI=1S/C16H12BrClO2/c1-11(19)20-16-9-8-14(18)10-13(16)7-6-12-4-2-3-5-15(12)17/h2-10H,1H3/b7-6-. The highest BCUT2D eigenvalue weighted by Crippen LogP contribution is 2.26. The maximum absolute atomic E-state index is 11.1. The quantitative estimate of drug-likeness (QED) is 0.432. The number of carbonyl (C=O) groups excluding carboxylic acids is 1. The molecule has 2 aromatic rings. The second kappa shape index (κ2) is 6.73. The molecule has 4 heteroatoms. The fourth-order valence-electron chi connectivity index (χ4n) is 1.69. The molecule has 20 heavy (non-hydrogen) atoms. The van der Waals surface area contributed by atoms with E-state index in [1.807, 2.05) is 36.4 Å².